The Kier molecular flexibility index (Phi) is 1.23. The summed E-state index contributed by atoms with van der Waals surface area (Å²) in [6.07, 6.45) is 2.44. The Bertz CT molecular complexity index is 321. The molecule has 0 aromatic heterocycles. The molecule has 0 aromatic rings. The van der Waals surface area contributed by atoms with Crippen molar-refractivity contribution in [1.82, 2.24) is 0 Å². The van der Waals surface area contributed by atoms with E-state index in [2.05, 4.69) is 13.8 Å². The molecule has 0 radical (unpaired) electrons. The maximum absolute atomic E-state index is 11.3. The molecule has 3 aliphatic rings. The van der Waals surface area contributed by atoms with Crippen LogP contribution in [-0.2, 0) is 4.74 Å². The summed E-state index contributed by atoms with van der Waals surface area (Å²) in [6.45, 7) is 4.86. The normalized spacial score (nSPS) is 52.6. The number of fused-ring (bicyclic) bond motifs is 3. The maximum atomic E-state index is 11.3. The minimum absolute atomic E-state index is 0.00167. The number of hydrogen-bond acceptors (Lipinski definition) is 3. The maximum Gasteiger partial charge on any atom is 0.253 e. The van der Waals surface area contributed by atoms with E-state index in [1.54, 1.807) is 0 Å². The second-order valence-electron chi connectivity index (χ2n) is 5.57. The highest BCUT2D eigenvalue weighted by Gasteiger charge is 2.84. The molecule has 0 aromatic carbocycles. The third kappa shape index (κ3) is 0.593. The molecule has 4 nitrogen and oxygen atoms in total. The predicted octanol–water partition coefficient (Wildman–Crippen LogP) is 1.61. The first-order valence-corrected chi connectivity index (χ1v) is 5.25. The predicted molar refractivity (Wildman–Crippen MR) is 49.5 cm³/mol. The zero-order valence-corrected chi connectivity index (χ0v) is 8.58. The summed E-state index contributed by atoms with van der Waals surface area (Å²) >= 11 is 0. The zero-order valence-electron chi connectivity index (χ0n) is 8.58. The van der Waals surface area contributed by atoms with Crippen LogP contribution in [0.15, 0.2) is 0 Å². The topological polar surface area (TPSA) is 55.7 Å². The Balaban J connectivity index is 2.13. The molecule has 3 fully saturated rings. The van der Waals surface area contributed by atoms with Crippen LogP contribution >= 0.6 is 0 Å². The fourth-order valence-corrected chi connectivity index (χ4v) is 3.96. The van der Waals surface area contributed by atoms with Crippen LogP contribution < -0.4 is 0 Å². The number of rotatable bonds is 1. The summed E-state index contributed by atoms with van der Waals surface area (Å²) < 4.78 is 5.53. The lowest BCUT2D eigenvalue weighted by molar-refractivity contribution is -0.579. The van der Waals surface area contributed by atoms with Gasteiger partial charge in [0.15, 0.2) is 5.60 Å². The van der Waals surface area contributed by atoms with Gasteiger partial charge >= 0.3 is 0 Å². The molecule has 2 saturated carbocycles. The van der Waals surface area contributed by atoms with Gasteiger partial charge in [-0.05, 0) is 12.3 Å². The smallest absolute Gasteiger partial charge is 0.253 e. The van der Waals surface area contributed by atoms with Gasteiger partial charge in [-0.3, -0.25) is 10.1 Å². The van der Waals surface area contributed by atoms with Gasteiger partial charge in [-0.1, -0.05) is 13.8 Å². The van der Waals surface area contributed by atoms with E-state index in [1.807, 2.05) is 0 Å². The molecular weight excluding hydrogens is 182 g/mol. The molecule has 4 heteroatoms. The zero-order chi connectivity index (χ0) is 10.2. The van der Waals surface area contributed by atoms with Gasteiger partial charge in [-0.15, -0.1) is 0 Å². The molecule has 1 aliphatic heterocycles. The molecule has 2 aliphatic carbocycles. The van der Waals surface area contributed by atoms with Gasteiger partial charge < -0.3 is 4.74 Å². The van der Waals surface area contributed by atoms with Crippen molar-refractivity contribution in [3.05, 3.63) is 10.1 Å². The molecule has 78 valence electrons. The summed E-state index contributed by atoms with van der Waals surface area (Å²) in [5.74, 6) is 0.482. The lowest BCUT2D eigenvalue weighted by Gasteiger charge is -2.37. The molecule has 14 heavy (non-hydrogen) atoms. The van der Waals surface area contributed by atoms with E-state index in [9.17, 15) is 10.1 Å². The Morgan fingerprint density at radius 3 is 2.57 bits per heavy atom. The summed E-state index contributed by atoms with van der Waals surface area (Å²) in [6, 6.07) is 0. The number of hydrogen-bond donors (Lipinski definition) is 0. The van der Waals surface area contributed by atoms with Crippen molar-refractivity contribution in [3.8, 4) is 0 Å². The summed E-state index contributed by atoms with van der Waals surface area (Å²) in [4.78, 5) is 11.2. The number of epoxide rings is 1. The number of nitrogens with zero attached hydrogens (tertiary/aromatic N) is 1. The lowest BCUT2D eigenvalue weighted by atomic mass is 9.66. The van der Waals surface area contributed by atoms with E-state index >= 15 is 0 Å². The first-order valence-electron chi connectivity index (χ1n) is 5.25. The molecule has 1 spiro atoms. The minimum Gasteiger partial charge on any atom is -0.361 e. The molecule has 1 unspecified atom stereocenters. The van der Waals surface area contributed by atoms with Crippen LogP contribution in [0.4, 0.5) is 0 Å². The number of nitro groups is 1. The summed E-state index contributed by atoms with van der Waals surface area (Å²) in [5, 5.41) is 11.3. The largest absolute Gasteiger partial charge is 0.361 e. The van der Waals surface area contributed by atoms with Crippen LogP contribution in [-0.4, -0.2) is 22.7 Å². The third-order valence-electron chi connectivity index (χ3n) is 5.09. The van der Waals surface area contributed by atoms with Gasteiger partial charge in [0, 0.05) is 23.2 Å². The minimum atomic E-state index is -0.749. The van der Waals surface area contributed by atoms with E-state index in [4.69, 9.17) is 4.74 Å². The van der Waals surface area contributed by atoms with Gasteiger partial charge in [-0.25, -0.2) is 0 Å². The van der Waals surface area contributed by atoms with Crippen LogP contribution in [0.25, 0.3) is 0 Å². The lowest BCUT2D eigenvalue weighted by Crippen LogP contribution is -2.54. The fourth-order valence-electron chi connectivity index (χ4n) is 3.96. The average Bonchev–Trinajstić information content (AvgIpc) is 2.73. The van der Waals surface area contributed by atoms with Gasteiger partial charge in [0.25, 0.3) is 5.54 Å². The van der Waals surface area contributed by atoms with Crippen LogP contribution in [0.5, 0.6) is 0 Å². The van der Waals surface area contributed by atoms with E-state index < -0.39 is 11.1 Å². The fraction of sp³-hybridized carbons (Fsp3) is 1.00. The monoisotopic (exact) mass is 197 g/mol. The first kappa shape index (κ1) is 8.65. The standard InChI is InChI=1S/C10H15NO3/c1-8(2)7-3-4-9(5-7,11(12)13)10(8)6-14-10/h7H,3-6H2,1-2H3/t7-,9-,10?/m1/s1. The molecule has 2 bridgehead atoms. The Morgan fingerprint density at radius 2 is 2.14 bits per heavy atom. The van der Waals surface area contributed by atoms with Crippen LogP contribution in [0, 0.1) is 21.4 Å². The van der Waals surface area contributed by atoms with Crippen molar-refractivity contribution in [3.63, 3.8) is 0 Å². The second kappa shape index (κ2) is 1.98. The average molecular weight is 197 g/mol. The van der Waals surface area contributed by atoms with E-state index in [0.717, 1.165) is 12.8 Å². The molecular formula is C10H15NO3. The third-order valence-corrected chi connectivity index (χ3v) is 5.09. The Hall–Kier alpha value is -0.640. The van der Waals surface area contributed by atoms with Gasteiger partial charge in [-0.2, -0.15) is 0 Å². The summed E-state index contributed by atoms with van der Waals surface area (Å²) in [7, 11) is 0. The van der Waals surface area contributed by atoms with E-state index in [-0.39, 0.29) is 10.3 Å². The van der Waals surface area contributed by atoms with Crippen molar-refractivity contribution in [1.29, 1.82) is 0 Å². The van der Waals surface area contributed by atoms with Crippen molar-refractivity contribution >= 4 is 0 Å². The molecule has 1 saturated heterocycles. The Morgan fingerprint density at radius 1 is 1.50 bits per heavy atom. The first-order chi connectivity index (χ1) is 6.46. The van der Waals surface area contributed by atoms with Crippen LogP contribution in [0.1, 0.15) is 33.1 Å². The number of ether oxygens (including phenoxy) is 1. The second-order valence-corrected chi connectivity index (χ2v) is 5.57. The van der Waals surface area contributed by atoms with Crippen LogP contribution in [0.2, 0.25) is 0 Å². The van der Waals surface area contributed by atoms with Gasteiger partial charge in [0.05, 0.1) is 6.61 Å². The van der Waals surface area contributed by atoms with Crippen molar-refractivity contribution in [2.24, 2.45) is 11.3 Å². The van der Waals surface area contributed by atoms with Crippen LogP contribution in [0.3, 0.4) is 0 Å². The quantitative estimate of drug-likeness (QED) is 0.364. The molecule has 0 N–H and O–H groups in total. The molecule has 1 heterocycles. The van der Waals surface area contributed by atoms with Crippen molar-refractivity contribution in [2.45, 2.75) is 44.2 Å². The highest BCUT2D eigenvalue weighted by Crippen LogP contribution is 2.70. The molecule has 0 amide bonds. The molecule has 3 rings (SSSR count). The van der Waals surface area contributed by atoms with Crippen molar-refractivity contribution in [2.75, 3.05) is 6.61 Å². The van der Waals surface area contributed by atoms with Gasteiger partial charge in [0.2, 0.25) is 0 Å². The van der Waals surface area contributed by atoms with Crippen molar-refractivity contribution < 1.29 is 9.66 Å². The summed E-state index contributed by atoms with van der Waals surface area (Å²) in [5.41, 5.74) is -1.17. The van der Waals surface area contributed by atoms with Gasteiger partial charge in [0.1, 0.15) is 0 Å². The highest BCUT2D eigenvalue weighted by molar-refractivity contribution is 5.27. The SMILES string of the molecule is CC1(C)[C@@H]2CC[C@@]([N+](=O)[O-])(C2)C12CO2. The highest BCUT2D eigenvalue weighted by atomic mass is 16.7. The van der Waals surface area contributed by atoms with E-state index in [0.29, 0.717) is 18.9 Å². The van der Waals surface area contributed by atoms with E-state index in [1.165, 1.54) is 0 Å². The molecule has 3 atom stereocenters. The Labute approximate surface area is 82.8 Å².